The van der Waals surface area contributed by atoms with E-state index in [2.05, 4.69) is 0 Å². The summed E-state index contributed by atoms with van der Waals surface area (Å²) in [4.78, 5) is 22.5. The predicted octanol–water partition coefficient (Wildman–Crippen LogP) is 3.94. The number of nitro groups is 1. The summed E-state index contributed by atoms with van der Waals surface area (Å²) < 4.78 is 0.590. The molecule has 2 aromatic rings. The second-order valence-electron chi connectivity index (χ2n) is 3.89. The van der Waals surface area contributed by atoms with Crippen LogP contribution in [0.2, 0.25) is 0 Å². The van der Waals surface area contributed by atoms with Crippen LogP contribution in [0.5, 0.6) is 0 Å². The Labute approximate surface area is 118 Å². The molecular weight excluding hydrogens is 282 g/mol. The molecule has 0 unspecified atom stereocenters. The first-order valence-corrected chi connectivity index (χ1v) is 7.39. The third-order valence-corrected chi connectivity index (χ3v) is 4.91. The number of aryl methyl sites for hydroxylation is 1. The molecule has 0 aliphatic rings. The smallest absolute Gasteiger partial charge is 0.293 e. The third kappa shape index (κ3) is 3.21. The minimum atomic E-state index is -0.388. The lowest BCUT2D eigenvalue weighted by molar-refractivity contribution is -0.387. The topological polar surface area (TPSA) is 60.2 Å². The minimum absolute atomic E-state index is 0.0223. The summed E-state index contributed by atoms with van der Waals surface area (Å²) in [7, 11) is 0. The van der Waals surface area contributed by atoms with Gasteiger partial charge in [-0.25, -0.2) is 0 Å². The Morgan fingerprint density at radius 2 is 2.05 bits per heavy atom. The number of hydrogen-bond acceptors (Lipinski definition) is 5. The van der Waals surface area contributed by atoms with E-state index in [0.29, 0.717) is 15.3 Å². The Hall–Kier alpha value is -1.66. The van der Waals surface area contributed by atoms with Crippen molar-refractivity contribution in [3.63, 3.8) is 0 Å². The molecule has 19 heavy (non-hydrogen) atoms. The maximum Gasteiger partial charge on any atom is 0.296 e. The van der Waals surface area contributed by atoms with Crippen LogP contribution in [0.1, 0.15) is 15.9 Å². The van der Waals surface area contributed by atoms with Crippen LogP contribution in [0.15, 0.2) is 39.9 Å². The molecule has 0 fully saturated rings. The van der Waals surface area contributed by atoms with Crippen molar-refractivity contribution >= 4 is 34.6 Å². The highest BCUT2D eigenvalue weighted by atomic mass is 32.2. The summed E-state index contributed by atoms with van der Waals surface area (Å²) in [5.41, 5.74) is 1.39. The van der Waals surface area contributed by atoms with Crippen LogP contribution in [-0.4, -0.2) is 16.5 Å². The van der Waals surface area contributed by atoms with E-state index in [0.717, 1.165) is 0 Å². The van der Waals surface area contributed by atoms with E-state index in [1.54, 1.807) is 36.6 Å². The summed E-state index contributed by atoms with van der Waals surface area (Å²) in [5, 5.41) is 12.7. The minimum Gasteiger partial charge on any atom is -0.293 e. The zero-order chi connectivity index (χ0) is 13.8. The number of nitrogens with zero attached hydrogens (tertiary/aromatic N) is 1. The van der Waals surface area contributed by atoms with Gasteiger partial charge >= 0.3 is 0 Å². The molecule has 0 spiro atoms. The maximum absolute atomic E-state index is 11.9. The monoisotopic (exact) mass is 293 g/mol. The highest BCUT2D eigenvalue weighted by Gasteiger charge is 2.21. The van der Waals surface area contributed by atoms with Crippen LogP contribution in [0.25, 0.3) is 0 Å². The summed E-state index contributed by atoms with van der Waals surface area (Å²) in [6.45, 7) is 1.71. The number of rotatable bonds is 5. The molecule has 2 rings (SSSR count). The summed E-state index contributed by atoms with van der Waals surface area (Å²) >= 11 is 2.54. The Bertz CT molecular complexity index is 608. The van der Waals surface area contributed by atoms with Gasteiger partial charge in [0.15, 0.2) is 5.78 Å². The average Bonchev–Trinajstić information content (AvgIpc) is 2.78. The zero-order valence-corrected chi connectivity index (χ0v) is 11.8. The van der Waals surface area contributed by atoms with Crippen LogP contribution in [0, 0.1) is 17.0 Å². The Morgan fingerprint density at radius 1 is 1.37 bits per heavy atom. The van der Waals surface area contributed by atoms with Gasteiger partial charge in [0.05, 0.1) is 10.7 Å². The van der Waals surface area contributed by atoms with Crippen molar-refractivity contribution in [1.82, 2.24) is 0 Å². The molecule has 4 nitrogen and oxygen atoms in total. The Balaban J connectivity index is 2.08. The molecule has 1 heterocycles. The molecule has 0 aliphatic heterocycles. The van der Waals surface area contributed by atoms with Crippen molar-refractivity contribution in [2.45, 2.75) is 11.1 Å². The van der Waals surface area contributed by atoms with Gasteiger partial charge in [-0.1, -0.05) is 30.3 Å². The van der Waals surface area contributed by atoms with Crippen LogP contribution in [0.3, 0.4) is 0 Å². The number of Topliss-reactive ketones (excluding diaryl/α,β-unsaturated/α-hetero) is 1. The zero-order valence-electron chi connectivity index (χ0n) is 10.2. The number of carbonyl (C=O) groups excluding carboxylic acids is 1. The van der Waals surface area contributed by atoms with Gasteiger partial charge in [-0.3, -0.25) is 14.9 Å². The van der Waals surface area contributed by atoms with Crippen LogP contribution in [0.4, 0.5) is 5.69 Å². The van der Waals surface area contributed by atoms with Gasteiger partial charge in [0, 0.05) is 16.5 Å². The fourth-order valence-corrected chi connectivity index (χ4v) is 3.71. The second-order valence-corrected chi connectivity index (χ2v) is 6.01. The maximum atomic E-state index is 11.9. The molecule has 0 amide bonds. The average molecular weight is 293 g/mol. The quantitative estimate of drug-likeness (QED) is 0.362. The van der Waals surface area contributed by atoms with E-state index in [-0.39, 0.29) is 22.1 Å². The predicted molar refractivity (Wildman–Crippen MR) is 77.2 cm³/mol. The largest absolute Gasteiger partial charge is 0.296 e. The number of ketones is 1. The first-order chi connectivity index (χ1) is 9.09. The summed E-state index contributed by atoms with van der Waals surface area (Å²) in [6, 6.07) is 8.94. The second kappa shape index (κ2) is 5.99. The first kappa shape index (κ1) is 13.8. The normalized spacial score (nSPS) is 10.4. The fraction of sp³-hybridized carbons (Fsp3) is 0.154. The lowest BCUT2D eigenvalue weighted by Gasteiger charge is -1.99. The number of hydrogen-bond donors (Lipinski definition) is 0. The Kier molecular flexibility index (Phi) is 4.34. The fourth-order valence-electron chi connectivity index (χ4n) is 1.57. The van der Waals surface area contributed by atoms with Crippen molar-refractivity contribution in [1.29, 1.82) is 0 Å². The van der Waals surface area contributed by atoms with E-state index in [9.17, 15) is 14.9 Å². The van der Waals surface area contributed by atoms with Gasteiger partial charge in [0.25, 0.3) is 5.69 Å². The molecule has 0 atom stereocenters. The summed E-state index contributed by atoms with van der Waals surface area (Å²) in [6.07, 6.45) is 0. The molecule has 0 aliphatic carbocycles. The molecule has 98 valence electrons. The van der Waals surface area contributed by atoms with Gasteiger partial charge in [-0.05, 0) is 6.92 Å². The molecule has 0 saturated heterocycles. The Morgan fingerprint density at radius 3 is 2.68 bits per heavy atom. The van der Waals surface area contributed by atoms with Crippen LogP contribution >= 0.6 is 23.1 Å². The lowest BCUT2D eigenvalue weighted by atomic mass is 10.2. The molecular formula is C13H11NO3S2. The van der Waals surface area contributed by atoms with Gasteiger partial charge in [-0.15, -0.1) is 23.1 Å². The van der Waals surface area contributed by atoms with E-state index >= 15 is 0 Å². The van der Waals surface area contributed by atoms with Gasteiger partial charge in [-0.2, -0.15) is 0 Å². The van der Waals surface area contributed by atoms with Gasteiger partial charge in [0.1, 0.15) is 4.21 Å². The van der Waals surface area contributed by atoms with Crippen molar-refractivity contribution in [2.24, 2.45) is 0 Å². The molecule has 0 radical (unpaired) electrons. The third-order valence-electron chi connectivity index (χ3n) is 2.52. The molecule has 0 N–H and O–H groups in total. The van der Waals surface area contributed by atoms with Crippen LogP contribution < -0.4 is 0 Å². The van der Waals surface area contributed by atoms with Crippen molar-refractivity contribution in [2.75, 3.05) is 5.75 Å². The molecule has 1 aromatic heterocycles. The first-order valence-electron chi connectivity index (χ1n) is 5.53. The van der Waals surface area contributed by atoms with E-state index < -0.39 is 0 Å². The van der Waals surface area contributed by atoms with Crippen molar-refractivity contribution in [3.8, 4) is 0 Å². The standard InChI is InChI=1S/C13H11NO3S2/c1-9-7-18-13(12(9)14(16)17)19-8-11(15)10-5-3-2-4-6-10/h2-7H,8H2,1H3. The van der Waals surface area contributed by atoms with Crippen molar-refractivity contribution < 1.29 is 9.72 Å². The van der Waals surface area contributed by atoms with E-state index in [1.165, 1.54) is 23.1 Å². The number of thioether (sulfide) groups is 1. The van der Waals surface area contributed by atoms with Gasteiger partial charge < -0.3 is 0 Å². The molecule has 1 aromatic carbocycles. The number of carbonyl (C=O) groups is 1. The van der Waals surface area contributed by atoms with Crippen LogP contribution in [-0.2, 0) is 0 Å². The highest BCUT2D eigenvalue weighted by molar-refractivity contribution is 8.01. The molecule has 0 bridgehead atoms. The van der Waals surface area contributed by atoms with Gasteiger partial charge in [0.2, 0.25) is 0 Å². The van der Waals surface area contributed by atoms with E-state index in [1.807, 2.05) is 6.07 Å². The highest BCUT2D eigenvalue weighted by Crippen LogP contribution is 2.38. The SMILES string of the molecule is Cc1csc(SCC(=O)c2ccccc2)c1[N+](=O)[O-]. The molecule has 0 saturated carbocycles. The summed E-state index contributed by atoms with van der Waals surface area (Å²) in [5.74, 6) is 0.191. The van der Waals surface area contributed by atoms with Crippen molar-refractivity contribution in [3.05, 3.63) is 57.0 Å². The van der Waals surface area contributed by atoms with E-state index in [4.69, 9.17) is 0 Å². The lowest BCUT2D eigenvalue weighted by Crippen LogP contribution is -2.01. The molecule has 6 heteroatoms. The number of thiophene rings is 1. The number of benzene rings is 1.